The van der Waals surface area contributed by atoms with Crippen molar-refractivity contribution in [3.05, 3.63) is 0 Å². The Hall–Kier alpha value is -0.0800. The van der Waals surface area contributed by atoms with Gasteiger partial charge in [-0.2, -0.15) is 0 Å². The number of ether oxygens (including phenoxy) is 2. The third kappa shape index (κ3) is 17.3. The van der Waals surface area contributed by atoms with Gasteiger partial charge in [-0.25, -0.2) is 0 Å². The van der Waals surface area contributed by atoms with Gasteiger partial charge >= 0.3 is 0 Å². The van der Waals surface area contributed by atoms with Crippen LogP contribution < -0.4 is 0 Å². The van der Waals surface area contributed by atoms with Gasteiger partial charge in [0.05, 0.1) is 12.7 Å². The monoisotopic (exact) mass is 410 g/mol. The van der Waals surface area contributed by atoms with E-state index in [4.69, 9.17) is 9.47 Å². The Bertz CT molecular complexity index is 350. The number of rotatable bonds is 20. The molecule has 0 spiro atoms. The van der Waals surface area contributed by atoms with Gasteiger partial charge < -0.3 is 9.47 Å². The van der Waals surface area contributed by atoms with E-state index in [1.54, 1.807) is 0 Å². The maximum absolute atomic E-state index is 5.87. The average Bonchev–Trinajstić information content (AvgIpc) is 3.02. The summed E-state index contributed by atoms with van der Waals surface area (Å²) in [5.74, 6) is 0.540. The Balaban J connectivity index is 1.67. The molecule has 0 aromatic heterocycles. The molecular formula is C27H54O2. The summed E-state index contributed by atoms with van der Waals surface area (Å²) in [4.78, 5) is 0. The van der Waals surface area contributed by atoms with Crippen molar-refractivity contribution in [3.8, 4) is 0 Å². The van der Waals surface area contributed by atoms with Crippen LogP contribution >= 0.6 is 0 Å². The van der Waals surface area contributed by atoms with E-state index >= 15 is 0 Å². The molecule has 1 heterocycles. The predicted octanol–water partition coefficient (Wildman–Crippen LogP) is 9.21. The fraction of sp³-hybridized carbons (Fsp3) is 1.00. The minimum Gasteiger partial charge on any atom is -0.348 e. The zero-order valence-electron chi connectivity index (χ0n) is 20.6. The SMILES string of the molecule is CC(C)CCCCCCCCCCCCCCCCCCCC1COC(C)(C)O1. The third-order valence-electron chi connectivity index (χ3n) is 6.37. The predicted molar refractivity (Wildman–Crippen MR) is 127 cm³/mol. The van der Waals surface area contributed by atoms with Crippen molar-refractivity contribution in [2.24, 2.45) is 5.92 Å². The molecule has 0 aromatic carbocycles. The zero-order chi connectivity index (χ0) is 21.2. The van der Waals surface area contributed by atoms with Crippen LogP contribution in [0.2, 0.25) is 0 Å². The second-order valence-corrected chi connectivity index (χ2v) is 10.4. The van der Waals surface area contributed by atoms with Gasteiger partial charge in [0.1, 0.15) is 0 Å². The highest BCUT2D eigenvalue weighted by atomic mass is 16.7. The summed E-state index contributed by atoms with van der Waals surface area (Å²) in [5.41, 5.74) is 0. The molecule has 0 bridgehead atoms. The molecule has 0 N–H and O–H groups in total. The van der Waals surface area contributed by atoms with E-state index in [2.05, 4.69) is 13.8 Å². The van der Waals surface area contributed by atoms with Crippen molar-refractivity contribution >= 4 is 0 Å². The van der Waals surface area contributed by atoms with E-state index in [1.807, 2.05) is 13.8 Å². The summed E-state index contributed by atoms with van der Waals surface area (Å²) in [5, 5.41) is 0. The van der Waals surface area contributed by atoms with Gasteiger partial charge in [-0.1, -0.05) is 129 Å². The van der Waals surface area contributed by atoms with Crippen molar-refractivity contribution in [3.63, 3.8) is 0 Å². The number of unbranched alkanes of at least 4 members (excludes halogenated alkanes) is 16. The van der Waals surface area contributed by atoms with Crippen LogP contribution in [0.3, 0.4) is 0 Å². The molecule has 0 radical (unpaired) electrons. The normalized spacial score (nSPS) is 18.7. The molecular weight excluding hydrogens is 356 g/mol. The lowest BCUT2D eigenvalue weighted by molar-refractivity contribution is -0.139. The van der Waals surface area contributed by atoms with Gasteiger partial charge in [-0.3, -0.25) is 0 Å². The summed E-state index contributed by atoms with van der Waals surface area (Å²) in [6.07, 6.45) is 27.4. The summed E-state index contributed by atoms with van der Waals surface area (Å²) >= 11 is 0. The molecule has 1 aliphatic heterocycles. The van der Waals surface area contributed by atoms with Crippen LogP contribution in [0, 0.1) is 5.92 Å². The van der Waals surface area contributed by atoms with Crippen molar-refractivity contribution in [1.29, 1.82) is 0 Å². The van der Waals surface area contributed by atoms with Crippen LogP contribution in [0.5, 0.6) is 0 Å². The van der Waals surface area contributed by atoms with Crippen molar-refractivity contribution in [2.45, 2.75) is 162 Å². The van der Waals surface area contributed by atoms with E-state index in [9.17, 15) is 0 Å². The molecule has 2 nitrogen and oxygen atoms in total. The van der Waals surface area contributed by atoms with E-state index in [0.29, 0.717) is 6.10 Å². The lowest BCUT2D eigenvalue weighted by Crippen LogP contribution is -2.21. The van der Waals surface area contributed by atoms with Crippen LogP contribution in [0.25, 0.3) is 0 Å². The van der Waals surface area contributed by atoms with Crippen molar-refractivity contribution in [1.82, 2.24) is 0 Å². The van der Waals surface area contributed by atoms with Gasteiger partial charge in [0.15, 0.2) is 5.79 Å². The van der Waals surface area contributed by atoms with Crippen molar-refractivity contribution < 1.29 is 9.47 Å². The Morgan fingerprint density at radius 2 is 1.00 bits per heavy atom. The minimum absolute atomic E-state index is 0.333. The standard InChI is InChI=1S/C27H54O2/c1-25(2)22-20-18-16-14-12-10-8-6-5-7-9-11-13-15-17-19-21-23-26-24-28-27(3,4)29-26/h25-26H,5-24H2,1-4H3. The van der Waals surface area contributed by atoms with Gasteiger partial charge in [-0.05, 0) is 26.2 Å². The van der Waals surface area contributed by atoms with Crippen LogP contribution in [-0.2, 0) is 9.47 Å². The third-order valence-corrected chi connectivity index (χ3v) is 6.37. The first-order chi connectivity index (χ1) is 14.0. The maximum atomic E-state index is 5.87. The zero-order valence-corrected chi connectivity index (χ0v) is 20.6. The quantitative estimate of drug-likeness (QED) is 0.186. The molecule has 174 valence electrons. The van der Waals surface area contributed by atoms with Crippen LogP contribution in [0.4, 0.5) is 0 Å². The summed E-state index contributed by atoms with van der Waals surface area (Å²) in [6.45, 7) is 9.50. The lowest BCUT2D eigenvalue weighted by atomic mass is 10.0. The van der Waals surface area contributed by atoms with E-state index < -0.39 is 0 Å². The topological polar surface area (TPSA) is 18.5 Å². The Morgan fingerprint density at radius 1 is 0.621 bits per heavy atom. The fourth-order valence-electron chi connectivity index (χ4n) is 4.48. The summed E-state index contributed by atoms with van der Waals surface area (Å²) in [6, 6.07) is 0. The fourth-order valence-corrected chi connectivity index (χ4v) is 4.48. The van der Waals surface area contributed by atoms with Crippen LogP contribution in [0.15, 0.2) is 0 Å². The summed E-state index contributed by atoms with van der Waals surface area (Å²) < 4.78 is 11.5. The molecule has 0 amide bonds. The first kappa shape index (κ1) is 27.0. The maximum Gasteiger partial charge on any atom is 0.163 e. The highest BCUT2D eigenvalue weighted by molar-refractivity contribution is 4.70. The van der Waals surface area contributed by atoms with Gasteiger partial charge in [-0.15, -0.1) is 0 Å². The molecule has 1 aliphatic rings. The van der Waals surface area contributed by atoms with Crippen molar-refractivity contribution in [2.75, 3.05) is 6.61 Å². The second-order valence-electron chi connectivity index (χ2n) is 10.4. The largest absolute Gasteiger partial charge is 0.348 e. The molecule has 0 saturated carbocycles. The van der Waals surface area contributed by atoms with Crippen LogP contribution in [-0.4, -0.2) is 18.5 Å². The Labute approximate surface area is 183 Å². The first-order valence-corrected chi connectivity index (χ1v) is 13.3. The van der Waals surface area contributed by atoms with E-state index in [-0.39, 0.29) is 5.79 Å². The number of hydrogen-bond donors (Lipinski definition) is 0. The molecule has 0 aliphatic carbocycles. The van der Waals surface area contributed by atoms with Gasteiger partial charge in [0, 0.05) is 0 Å². The molecule has 1 atom stereocenters. The second kappa shape index (κ2) is 17.6. The summed E-state index contributed by atoms with van der Waals surface area (Å²) in [7, 11) is 0. The minimum atomic E-state index is -0.350. The highest BCUT2D eigenvalue weighted by Crippen LogP contribution is 2.25. The lowest BCUT2D eigenvalue weighted by Gasteiger charge is -2.16. The Morgan fingerprint density at radius 3 is 1.34 bits per heavy atom. The van der Waals surface area contributed by atoms with Gasteiger partial charge in [0.2, 0.25) is 0 Å². The molecule has 0 aromatic rings. The smallest absolute Gasteiger partial charge is 0.163 e. The average molecular weight is 411 g/mol. The van der Waals surface area contributed by atoms with Gasteiger partial charge in [0.25, 0.3) is 0 Å². The van der Waals surface area contributed by atoms with E-state index in [0.717, 1.165) is 12.5 Å². The van der Waals surface area contributed by atoms with E-state index in [1.165, 1.54) is 122 Å². The first-order valence-electron chi connectivity index (χ1n) is 13.3. The molecule has 2 heteroatoms. The molecule has 1 rings (SSSR count). The highest BCUT2D eigenvalue weighted by Gasteiger charge is 2.31. The molecule has 1 unspecified atom stereocenters. The number of hydrogen-bond acceptors (Lipinski definition) is 2. The Kier molecular flexibility index (Phi) is 16.3. The molecule has 29 heavy (non-hydrogen) atoms. The molecule has 1 fully saturated rings. The molecule has 1 saturated heterocycles. The van der Waals surface area contributed by atoms with Crippen LogP contribution in [0.1, 0.15) is 150 Å².